The monoisotopic (exact) mass is 291 g/mol. The van der Waals surface area contributed by atoms with Gasteiger partial charge in [-0.1, -0.05) is 0 Å². The molecule has 1 aliphatic heterocycles. The second-order valence-electron chi connectivity index (χ2n) is 4.82. The molecule has 3 aromatic rings. The highest BCUT2D eigenvalue weighted by Gasteiger charge is 2.25. The number of halogens is 2. The van der Waals surface area contributed by atoms with Crippen molar-refractivity contribution in [2.24, 2.45) is 0 Å². The normalized spacial score (nSPS) is 18.4. The number of aromatic amines is 1. The van der Waals surface area contributed by atoms with Crippen molar-refractivity contribution in [3.63, 3.8) is 0 Å². The molecule has 6 heteroatoms. The number of thiophene rings is 1. The minimum absolute atomic E-state index is 0.0594. The lowest BCUT2D eigenvalue weighted by Gasteiger charge is -2.22. The third kappa shape index (κ3) is 1.68. The molecule has 3 heterocycles. The van der Waals surface area contributed by atoms with Crippen LogP contribution in [0.3, 0.4) is 0 Å². The number of aromatic nitrogens is 2. The molecule has 0 radical (unpaired) electrons. The lowest BCUT2D eigenvalue weighted by molar-refractivity contribution is 0.515. The van der Waals surface area contributed by atoms with Crippen molar-refractivity contribution in [2.75, 3.05) is 6.54 Å². The SMILES string of the molecule is Fc1ccc2[nH]c(C3NCCc4sccc43)nc2c1F. The van der Waals surface area contributed by atoms with E-state index in [9.17, 15) is 8.78 Å². The van der Waals surface area contributed by atoms with Gasteiger partial charge in [0.05, 0.1) is 11.6 Å². The van der Waals surface area contributed by atoms with Gasteiger partial charge in [0, 0.05) is 11.4 Å². The zero-order chi connectivity index (χ0) is 13.7. The summed E-state index contributed by atoms with van der Waals surface area (Å²) >= 11 is 1.72. The second kappa shape index (κ2) is 4.36. The number of benzene rings is 1. The van der Waals surface area contributed by atoms with E-state index < -0.39 is 11.6 Å². The number of H-pyrrole nitrogens is 1. The van der Waals surface area contributed by atoms with Crippen LogP contribution in [-0.4, -0.2) is 16.5 Å². The van der Waals surface area contributed by atoms with Crippen molar-refractivity contribution in [1.29, 1.82) is 0 Å². The van der Waals surface area contributed by atoms with Crippen LogP contribution in [0.2, 0.25) is 0 Å². The number of fused-ring (bicyclic) bond motifs is 2. The molecule has 102 valence electrons. The smallest absolute Gasteiger partial charge is 0.186 e. The van der Waals surface area contributed by atoms with Crippen LogP contribution in [0.1, 0.15) is 22.3 Å². The van der Waals surface area contributed by atoms with E-state index in [0.29, 0.717) is 11.3 Å². The second-order valence-corrected chi connectivity index (χ2v) is 5.82. The van der Waals surface area contributed by atoms with Gasteiger partial charge in [-0.2, -0.15) is 0 Å². The number of nitrogens with zero attached hydrogens (tertiary/aromatic N) is 1. The van der Waals surface area contributed by atoms with Gasteiger partial charge in [-0.3, -0.25) is 0 Å². The number of hydrogen-bond donors (Lipinski definition) is 2. The molecule has 0 fully saturated rings. The molecule has 0 saturated heterocycles. The fourth-order valence-electron chi connectivity index (χ4n) is 2.67. The molecule has 0 spiro atoms. The Morgan fingerprint density at radius 3 is 3.05 bits per heavy atom. The van der Waals surface area contributed by atoms with Crippen LogP contribution in [-0.2, 0) is 6.42 Å². The first kappa shape index (κ1) is 12.0. The molecule has 2 N–H and O–H groups in total. The predicted octanol–water partition coefficient (Wildman–Crippen LogP) is 3.14. The van der Waals surface area contributed by atoms with Gasteiger partial charge in [-0.25, -0.2) is 13.8 Å². The zero-order valence-electron chi connectivity index (χ0n) is 10.4. The van der Waals surface area contributed by atoms with E-state index in [1.165, 1.54) is 16.5 Å². The largest absolute Gasteiger partial charge is 0.340 e. The molecule has 0 saturated carbocycles. The van der Waals surface area contributed by atoms with Crippen LogP contribution >= 0.6 is 11.3 Å². The molecule has 1 unspecified atom stereocenters. The first-order valence-corrected chi connectivity index (χ1v) is 7.25. The lowest BCUT2D eigenvalue weighted by atomic mass is 10.0. The number of imidazole rings is 1. The van der Waals surface area contributed by atoms with Gasteiger partial charge in [0.2, 0.25) is 0 Å². The Kier molecular flexibility index (Phi) is 2.61. The first-order chi connectivity index (χ1) is 9.74. The van der Waals surface area contributed by atoms with E-state index in [0.717, 1.165) is 19.0 Å². The molecule has 20 heavy (non-hydrogen) atoms. The van der Waals surface area contributed by atoms with E-state index in [1.54, 1.807) is 11.3 Å². The summed E-state index contributed by atoms with van der Waals surface area (Å²) in [6.07, 6.45) is 0.993. The molecule has 0 bridgehead atoms. The number of hydrogen-bond acceptors (Lipinski definition) is 3. The summed E-state index contributed by atoms with van der Waals surface area (Å²) in [4.78, 5) is 8.66. The quantitative estimate of drug-likeness (QED) is 0.723. The standard InChI is InChI=1S/C14H11F2N3S/c15-8-1-2-9-13(11(8)16)19-14(18-9)12-7-4-6-20-10(7)3-5-17-12/h1-2,4,6,12,17H,3,5H2,(H,18,19). The molecular weight excluding hydrogens is 280 g/mol. The average Bonchev–Trinajstić information content (AvgIpc) is 3.09. The average molecular weight is 291 g/mol. The third-order valence-corrected chi connectivity index (χ3v) is 4.63. The summed E-state index contributed by atoms with van der Waals surface area (Å²) in [6, 6.07) is 4.60. The highest BCUT2D eigenvalue weighted by molar-refractivity contribution is 7.10. The Labute approximate surface area is 117 Å². The van der Waals surface area contributed by atoms with Gasteiger partial charge in [-0.15, -0.1) is 11.3 Å². The van der Waals surface area contributed by atoms with Gasteiger partial charge < -0.3 is 10.3 Å². The maximum absolute atomic E-state index is 13.7. The topological polar surface area (TPSA) is 40.7 Å². The van der Waals surface area contributed by atoms with Crippen molar-refractivity contribution in [3.05, 3.63) is 51.5 Å². The van der Waals surface area contributed by atoms with Crippen LogP contribution in [0.4, 0.5) is 8.78 Å². The summed E-state index contributed by atoms with van der Waals surface area (Å²) in [5.74, 6) is -1.14. The molecule has 0 aliphatic carbocycles. The van der Waals surface area contributed by atoms with E-state index in [1.807, 2.05) is 5.38 Å². The van der Waals surface area contributed by atoms with Crippen LogP contribution in [0.15, 0.2) is 23.6 Å². The van der Waals surface area contributed by atoms with Crippen LogP contribution < -0.4 is 5.32 Å². The van der Waals surface area contributed by atoms with Crippen molar-refractivity contribution in [2.45, 2.75) is 12.5 Å². The van der Waals surface area contributed by atoms with E-state index in [4.69, 9.17) is 0 Å². The first-order valence-electron chi connectivity index (χ1n) is 6.37. The molecule has 0 amide bonds. The molecule has 1 aliphatic rings. The molecule has 1 aromatic carbocycles. The lowest BCUT2D eigenvalue weighted by Crippen LogP contribution is -2.30. The fourth-order valence-corrected chi connectivity index (χ4v) is 3.59. The van der Waals surface area contributed by atoms with Crippen molar-refractivity contribution in [1.82, 2.24) is 15.3 Å². The van der Waals surface area contributed by atoms with Crippen LogP contribution in [0.25, 0.3) is 11.0 Å². The highest BCUT2D eigenvalue weighted by atomic mass is 32.1. The van der Waals surface area contributed by atoms with Gasteiger partial charge in [-0.05, 0) is 35.6 Å². The number of rotatable bonds is 1. The van der Waals surface area contributed by atoms with Gasteiger partial charge in [0.1, 0.15) is 11.3 Å². The van der Waals surface area contributed by atoms with Gasteiger partial charge >= 0.3 is 0 Å². The van der Waals surface area contributed by atoms with Crippen molar-refractivity contribution in [3.8, 4) is 0 Å². The van der Waals surface area contributed by atoms with Crippen LogP contribution in [0, 0.1) is 11.6 Å². The predicted molar refractivity (Wildman–Crippen MR) is 73.9 cm³/mol. The Morgan fingerprint density at radius 2 is 2.15 bits per heavy atom. The number of nitrogens with one attached hydrogen (secondary N) is 2. The van der Waals surface area contributed by atoms with E-state index in [2.05, 4.69) is 21.4 Å². The van der Waals surface area contributed by atoms with E-state index in [-0.39, 0.29) is 11.6 Å². The van der Waals surface area contributed by atoms with Gasteiger partial charge in [0.15, 0.2) is 11.6 Å². The third-order valence-electron chi connectivity index (χ3n) is 3.63. The maximum atomic E-state index is 13.7. The highest BCUT2D eigenvalue weighted by Crippen LogP contribution is 2.32. The zero-order valence-corrected chi connectivity index (χ0v) is 11.2. The molecule has 2 aromatic heterocycles. The molecule has 4 rings (SSSR count). The summed E-state index contributed by atoms with van der Waals surface area (Å²) in [5, 5.41) is 5.42. The fraction of sp³-hybridized carbons (Fsp3) is 0.214. The summed E-state index contributed by atoms with van der Waals surface area (Å²) in [6.45, 7) is 0.853. The van der Waals surface area contributed by atoms with Gasteiger partial charge in [0.25, 0.3) is 0 Å². The van der Waals surface area contributed by atoms with Crippen molar-refractivity contribution < 1.29 is 8.78 Å². The van der Waals surface area contributed by atoms with Crippen molar-refractivity contribution >= 4 is 22.4 Å². The van der Waals surface area contributed by atoms with E-state index >= 15 is 0 Å². The molecule has 1 atom stereocenters. The maximum Gasteiger partial charge on any atom is 0.186 e. The van der Waals surface area contributed by atoms with Crippen LogP contribution in [0.5, 0.6) is 0 Å². The Hall–Kier alpha value is -1.79. The Bertz CT molecular complexity index is 793. The Balaban J connectivity index is 1.86. The molecule has 3 nitrogen and oxygen atoms in total. The summed E-state index contributed by atoms with van der Waals surface area (Å²) in [5.41, 5.74) is 1.74. The summed E-state index contributed by atoms with van der Waals surface area (Å²) in [7, 11) is 0. The minimum Gasteiger partial charge on any atom is -0.340 e. The minimum atomic E-state index is -0.897. The summed E-state index contributed by atoms with van der Waals surface area (Å²) < 4.78 is 27.0. The molecular formula is C14H11F2N3S. The Morgan fingerprint density at radius 1 is 1.25 bits per heavy atom.